The van der Waals surface area contributed by atoms with Crippen molar-refractivity contribution in [3.63, 3.8) is 0 Å². The van der Waals surface area contributed by atoms with Gasteiger partial charge in [0.1, 0.15) is 12.7 Å². The summed E-state index contributed by atoms with van der Waals surface area (Å²) in [5.41, 5.74) is 3.26. The summed E-state index contributed by atoms with van der Waals surface area (Å²) in [4.78, 5) is 16.4. The van der Waals surface area contributed by atoms with Crippen LogP contribution in [0.3, 0.4) is 0 Å². The molecule has 0 aliphatic rings. The lowest BCUT2D eigenvalue weighted by Gasteiger charge is -2.11. The molecule has 0 saturated heterocycles. The Hall–Kier alpha value is -3.45. The quantitative estimate of drug-likeness (QED) is 0.543. The summed E-state index contributed by atoms with van der Waals surface area (Å²) < 4.78 is 3.38. The summed E-state index contributed by atoms with van der Waals surface area (Å²) in [6, 6.07) is 15.1. The van der Waals surface area contributed by atoms with Crippen LogP contribution < -0.4 is 5.32 Å². The lowest BCUT2D eigenvalue weighted by atomic mass is 10.2. The van der Waals surface area contributed by atoms with Gasteiger partial charge in [-0.1, -0.05) is 29.8 Å². The second-order valence-corrected chi connectivity index (χ2v) is 6.61. The van der Waals surface area contributed by atoms with Gasteiger partial charge in [0.25, 0.3) is 0 Å². The second-order valence-electron chi connectivity index (χ2n) is 6.18. The molecule has 1 amide bonds. The van der Waals surface area contributed by atoms with Crippen LogP contribution in [0.4, 0.5) is 5.69 Å². The number of halogens is 1. The number of hydrogen-bond acceptors (Lipinski definition) is 4. The van der Waals surface area contributed by atoms with E-state index in [1.807, 2.05) is 36.5 Å². The van der Waals surface area contributed by atoms with Crippen molar-refractivity contribution in [2.45, 2.75) is 12.8 Å². The number of carbonyl (C=O) groups excluding carboxylic acids is 1. The monoisotopic (exact) mass is 392 g/mol. The molecule has 2 aromatic heterocycles. The van der Waals surface area contributed by atoms with Gasteiger partial charge in [-0.3, -0.25) is 4.79 Å². The van der Waals surface area contributed by atoms with Crippen molar-refractivity contribution in [3.05, 3.63) is 84.2 Å². The van der Waals surface area contributed by atoms with Crippen molar-refractivity contribution in [2.24, 2.45) is 0 Å². The molecule has 0 atom stereocenters. The lowest BCUT2D eigenvalue weighted by Crippen LogP contribution is -2.14. The molecule has 1 N–H and O–H groups in total. The van der Waals surface area contributed by atoms with Crippen molar-refractivity contribution >= 4 is 23.2 Å². The van der Waals surface area contributed by atoms with Crippen molar-refractivity contribution in [1.29, 1.82) is 0 Å². The first-order valence-electron chi connectivity index (χ1n) is 8.72. The molecule has 0 spiro atoms. The third kappa shape index (κ3) is 4.10. The second kappa shape index (κ2) is 8.06. The van der Waals surface area contributed by atoms with Crippen LogP contribution in [0, 0.1) is 0 Å². The summed E-state index contributed by atoms with van der Waals surface area (Å²) in [7, 11) is 0. The SMILES string of the molecule is O=C(CCc1cnn(-c2ccccc2)c1)Nc1cc(Cl)ccc1-n1cncn1. The van der Waals surface area contributed by atoms with Gasteiger partial charge in [0.05, 0.1) is 23.3 Å². The van der Waals surface area contributed by atoms with E-state index in [1.165, 1.54) is 6.33 Å². The van der Waals surface area contributed by atoms with Crippen LogP contribution in [0.15, 0.2) is 73.6 Å². The normalized spacial score (nSPS) is 10.8. The minimum atomic E-state index is -0.115. The first-order chi connectivity index (χ1) is 13.7. The van der Waals surface area contributed by atoms with E-state index in [4.69, 9.17) is 11.6 Å². The van der Waals surface area contributed by atoms with Crippen LogP contribution >= 0.6 is 11.6 Å². The smallest absolute Gasteiger partial charge is 0.224 e. The fraction of sp³-hybridized carbons (Fsp3) is 0.100. The molecule has 0 radical (unpaired) electrons. The number of aryl methyl sites for hydroxylation is 1. The molecule has 7 nitrogen and oxygen atoms in total. The van der Waals surface area contributed by atoms with E-state index < -0.39 is 0 Å². The Morgan fingerprint density at radius 1 is 1.07 bits per heavy atom. The maximum Gasteiger partial charge on any atom is 0.224 e. The van der Waals surface area contributed by atoms with Crippen LogP contribution in [0.25, 0.3) is 11.4 Å². The Morgan fingerprint density at radius 2 is 1.93 bits per heavy atom. The highest BCUT2D eigenvalue weighted by Gasteiger charge is 2.11. The predicted molar refractivity (Wildman–Crippen MR) is 107 cm³/mol. The standard InChI is InChI=1S/C20H17ClN6O/c21-16-7-8-19(27-14-22-13-24-27)18(10-16)25-20(28)9-6-15-11-23-26(12-15)17-4-2-1-3-5-17/h1-5,7-8,10-14H,6,9H2,(H,25,28). The van der Waals surface area contributed by atoms with Crippen LogP contribution in [0.5, 0.6) is 0 Å². The third-order valence-electron chi connectivity index (χ3n) is 4.20. The molecule has 0 bridgehead atoms. The summed E-state index contributed by atoms with van der Waals surface area (Å²) in [5.74, 6) is -0.115. The van der Waals surface area contributed by atoms with Gasteiger partial charge in [0, 0.05) is 17.6 Å². The Bertz CT molecular complexity index is 1080. The molecule has 4 rings (SSSR count). The number of benzene rings is 2. The van der Waals surface area contributed by atoms with Crippen molar-refractivity contribution in [2.75, 3.05) is 5.32 Å². The highest BCUT2D eigenvalue weighted by Crippen LogP contribution is 2.24. The maximum atomic E-state index is 12.5. The zero-order valence-electron chi connectivity index (χ0n) is 14.9. The molecule has 0 saturated carbocycles. The topological polar surface area (TPSA) is 77.6 Å². The van der Waals surface area contributed by atoms with Gasteiger partial charge in [-0.25, -0.2) is 14.3 Å². The van der Waals surface area contributed by atoms with Crippen molar-refractivity contribution in [3.8, 4) is 11.4 Å². The van der Waals surface area contributed by atoms with Gasteiger partial charge < -0.3 is 5.32 Å². The number of anilines is 1. The van der Waals surface area contributed by atoms with Gasteiger partial charge >= 0.3 is 0 Å². The van der Waals surface area contributed by atoms with Gasteiger partial charge in [0.2, 0.25) is 5.91 Å². The Labute approximate surface area is 166 Å². The van der Waals surface area contributed by atoms with E-state index >= 15 is 0 Å². The minimum Gasteiger partial charge on any atom is -0.324 e. The molecule has 0 fully saturated rings. The largest absolute Gasteiger partial charge is 0.324 e. The number of para-hydroxylation sites is 1. The number of carbonyl (C=O) groups is 1. The molecular formula is C20H17ClN6O. The Morgan fingerprint density at radius 3 is 2.71 bits per heavy atom. The highest BCUT2D eigenvalue weighted by molar-refractivity contribution is 6.31. The Kier molecular flexibility index (Phi) is 5.16. The average molecular weight is 393 g/mol. The van der Waals surface area contributed by atoms with Crippen LogP contribution in [-0.4, -0.2) is 30.5 Å². The molecule has 0 aliphatic heterocycles. The molecule has 140 valence electrons. The predicted octanol–water partition coefficient (Wildman–Crippen LogP) is 3.68. The fourth-order valence-corrected chi connectivity index (χ4v) is 2.99. The first kappa shape index (κ1) is 17.9. The van der Waals surface area contributed by atoms with Gasteiger partial charge in [-0.05, 0) is 42.3 Å². The molecule has 0 unspecified atom stereocenters. The summed E-state index contributed by atoms with van der Waals surface area (Å²) in [6.07, 6.45) is 7.62. The summed E-state index contributed by atoms with van der Waals surface area (Å²) >= 11 is 6.09. The summed E-state index contributed by atoms with van der Waals surface area (Å²) in [6.45, 7) is 0. The molecule has 0 aliphatic carbocycles. The van der Waals surface area contributed by atoms with E-state index in [0.717, 1.165) is 11.3 Å². The zero-order valence-corrected chi connectivity index (χ0v) is 15.6. The van der Waals surface area contributed by atoms with E-state index in [9.17, 15) is 4.79 Å². The number of hydrogen-bond donors (Lipinski definition) is 1. The molecule has 28 heavy (non-hydrogen) atoms. The number of nitrogens with zero attached hydrogens (tertiary/aromatic N) is 5. The highest BCUT2D eigenvalue weighted by atomic mass is 35.5. The molecule has 2 aromatic carbocycles. The molecule has 2 heterocycles. The van der Waals surface area contributed by atoms with Gasteiger partial charge in [-0.2, -0.15) is 10.2 Å². The number of rotatable bonds is 6. The average Bonchev–Trinajstić information content (AvgIpc) is 3.39. The molecule has 4 aromatic rings. The first-order valence-corrected chi connectivity index (χ1v) is 9.10. The minimum absolute atomic E-state index is 0.115. The van der Waals surface area contributed by atoms with Crippen molar-refractivity contribution in [1.82, 2.24) is 24.5 Å². The van der Waals surface area contributed by atoms with E-state index in [2.05, 4.69) is 20.5 Å². The molecule has 8 heteroatoms. The lowest BCUT2D eigenvalue weighted by molar-refractivity contribution is -0.116. The Balaban J connectivity index is 1.42. The van der Waals surface area contributed by atoms with Crippen LogP contribution in [0.1, 0.15) is 12.0 Å². The molecular weight excluding hydrogens is 376 g/mol. The van der Waals surface area contributed by atoms with E-state index in [1.54, 1.807) is 40.1 Å². The fourth-order valence-electron chi connectivity index (χ4n) is 2.82. The van der Waals surface area contributed by atoms with E-state index in [-0.39, 0.29) is 5.91 Å². The van der Waals surface area contributed by atoms with Crippen LogP contribution in [0.2, 0.25) is 5.02 Å². The number of nitrogens with one attached hydrogen (secondary N) is 1. The van der Waals surface area contributed by atoms with Crippen LogP contribution in [-0.2, 0) is 11.2 Å². The summed E-state index contributed by atoms with van der Waals surface area (Å²) in [5, 5.41) is 11.9. The van der Waals surface area contributed by atoms with Gasteiger partial charge in [-0.15, -0.1) is 0 Å². The number of amides is 1. The number of aromatic nitrogens is 5. The zero-order chi connectivity index (χ0) is 19.3. The maximum absolute atomic E-state index is 12.5. The third-order valence-corrected chi connectivity index (χ3v) is 4.43. The van der Waals surface area contributed by atoms with E-state index in [0.29, 0.717) is 29.2 Å². The van der Waals surface area contributed by atoms with Crippen molar-refractivity contribution < 1.29 is 4.79 Å². The van der Waals surface area contributed by atoms with Gasteiger partial charge in [0.15, 0.2) is 0 Å².